The van der Waals surface area contributed by atoms with Gasteiger partial charge in [-0.2, -0.15) is 0 Å². The molecule has 1 aromatic carbocycles. The van der Waals surface area contributed by atoms with Crippen LogP contribution in [0.3, 0.4) is 0 Å². The molecule has 0 heterocycles. The van der Waals surface area contributed by atoms with E-state index in [-0.39, 0.29) is 0 Å². The Morgan fingerprint density at radius 3 is 2.83 bits per heavy atom. The van der Waals surface area contributed by atoms with E-state index < -0.39 is 6.03 Å². The van der Waals surface area contributed by atoms with Gasteiger partial charge in [-0.15, -0.1) is 0 Å². The van der Waals surface area contributed by atoms with Gasteiger partial charge in [0.25, 0.3) is 0 Å². The van der Waals surface area contributed by atoms with Gasteiger partial charge in [-0.3, -0.25) is 9.69 Å². The highest BCUT2D eigenvalue weighted by Gasteiger charge is 2.13. The van der Waals surface area contributed by atoms with E-state index in [2.05, 4.69) is 5.32 Å². The second-order valence-corrected chi connectivity index (χ2v) is 3.57. The quantitative estimate of drug-likeness (QED) is 0.740. The van der Waals surface area contributed by atoms with Crippen LogP contribution in [0, 0.1) is 0 Å². The molecule has 0 atom stereocenters. The molecule has 0 aliphatic heterocycles. The molecule has 0 bridgehead atoms. The standard InChI is InChI=1S/C12H17N3O3/c1-18-11-6-3-2-5-10(11)14-12(17)15(9-16)8-4-7-13/h2-3,5-6,9H,4,7-8,13H2,1H3,(H,14,17). The van der Waals surface area contributed by atoms with Crippen molar-refractivity contribution >= 4 is 18.1 Å². The minimum atomic E-state index is -0.497. The largest absolute Gasteiger partial charge is 0.495 e. The number of nitrogens with two attached hydrogens (primary N) is 1. The smallest absolute Gasteiger partial charge is 0.328 e. The average Bonchev–Trinajstić information content (AvgIpc) is 2.40. The molecule has 0 spiro atoms. The molecule has 0 aliphatic rings. The van der Waals surface area contributed by atoms with Crippen LogP contribution in [0.1, 0.15) is 6.42 Å². The second kappa shape index (κ2) is 7.29. The molecule has 6 heteroatoms. The van der Waals surface area contributed by atoms with Crippen molar-refractivity contribution in [1.82, 2.24) is 4.90 Å². The highest BCUT2D eigenvalue weighted by Crippen LogP contribution is 2.23. The van der Waals surface area contributed by atoms with Crippen LogP contribution >= 0.6 is 0 Å². The number of hydrogen-bond acceptors (Lipinski definition) is 4. The minimum absolute atomic E-state index is 0.293. The number of benzene rings is 1. The number of hydrogen-bond donors (Lipinski definition) is 2. The maximum atomic E-state index is 11.8. The predicted molar refractivity (Wildman–Crippen MR) is 68.5 cm³/mol. The van der Waals surface area contributed by atoms with Crippen molar-refractivity contribution in [2.75, 3.05) is 25.5 Å². The number of carbonyl (C=O) groups excluding carboxylic acids is 2. The molecule has 98 valence electrons. The fraction of sp³-hybridized carbons (Fsp3) is 0.333. The maximum Gasteiger partial charge on any atom is 0.328 e. The first-order valence-corrected chi connectivity index (χ1v) is 5.59. The molecule has 0 aromatic heterocycles. The van der Waals surface area contributed by atoms with E-state index >= 15 is 0 Å². The first kappa shape index (κ1) is 14.0. The SMILES string of the molecule is COc1ccccc1NC(=O)N(C=O)CCCN. The van der Waals surface area contributed by atoms with Crippen molar-refractivity contribution in [3.63, 3.8) is 0 Å². The van der Waals surface area contributed by atoms with Gasteiger partial charge in [-0.1, -0.05) is 12.1 Å². The molecule has 0 saturated carbocycles. The summed E-state index contributed by atoms with van der Waals surface area (Å²) in [7, 11) is 1.51. The topological polar surface area (TPSA) is 84.7 Å². The van der Waals surface area contributed by atoms with E-state index in [1.54, 1.807) is 24.3 Å². The number of ether oxygens (including phenoxy) is 1. The van der Waals surface area contributed by atoms with Gasteiger partial charge in [0.15, 0.2) is 0 Å². The zero-order valence-corrected chi connectivity index (χ0v) is 10.3. The molecule has 1 rings (SSSR count). The highest BCUT2D eigenvalue weighted by molar-refractivity contribution is 5.96. The van der Waals surface area contributed by atoms with E-state index in [9.17, 15) is 9.59 Å². The third-order valence-electron chi connectivity index (χ3n) is 2.34. The van der Waals surface area contributed by atoms with Crippen LogP contribution in [0.25, 0.3) is 0 Å². The summed E-state index contributed by atoms with van der Waals surface area (Å²) in [6.45, 7) is 0.716. The van der Waals surface area contributed by atoms with Crippen LogP contribution in [0.5, 0.6) is 5.75 Å². The van der Waals surface area contributed by atoms with Crippen molar-refractivity contribution in [3.8, 4) is 5.75 Å². The Morgan fingerprint density at radius 2 is 2.22 bits per heavy atom. The number of nitrogens with one attached hydrogen (secondary N) is 1. The van der Waals surface area contributed by atoms with E-state index in [0.717, 1.165) is 4.90 Å². The molecule has 3 N–H and O–H groups in total. The summed E-state index contributed by atoms with van der Waals surface area (Å²) >= 11 is 0. The number of carbonyl (C=O) groups is 2. The molecule has 3 amide bonds. The van der Waals surface area contributed by atoms with Gasteiger partial charge in [0, 0.05) is 6.54 Å². The lowest BCUT2D eigenvalue weighted by Gasteiger charge is -2.17. The number of amides is 3. The number of urea groups is 1. The number of anilines is 1. The van der Waals surface area contributed by atoms with E-state index in [0.29, 0.717) is 37.4 Å². The minimum Gasteiger partial charge on any atom is -0.495 e. The number of rotatable bonds is 6. The van der Waals surface area contributed by atoms with Crippen molar-refractivity contribution in [2.45, 2.75) is 6.42 Å². The molecule has 1 aromatic rings. The van der Waals surface area contributed by atoms with Crippen molar-refractivity contribution in [2.24, 2.45) is 5.73 Å². The van der Waals surface area contributed by atoms with Gasteiger partial charge < -0.3 is 15.8 Å². The van der Waals surface area contributed by atoms with Crippen LogP contribution in [0.2, 0.25) is 0 Å². The summed E-state index contributed by atoms with van der Waals surface area (Å²) in [6, 6.07) is 6.48. The fourth-order valence-corrected chi connectivity index (χ4v) is 1.40. The number of para-hydroxylation sites is 2. The number of nitrogens with zero attached hydrogens (tertiary/aromatic N) is 1. The van der Waals surface area contributed by atoms with E-state index in [1.807, 2.05) is 0 Å². The first-order valence-electron chi connectivity index (χ1n) is 5.59. The van der Waals surface area contributed by atoms with E-state index in [4.69, 9.17) is 10.5 Å². The Labute approximate surface area is 106 Å². The predicted octanol–water partition coefficient (Wildman–Crippen LogP) is 1.03. The lowest BCUT2D eigenvalue weighted by molar-refractivity contribution is -0.115. The third kappa shape index (κ3) is 3.74. The van der Waals surface area contributed by atoms with Gasteiger partial charge in [-0.05, 0) is 25.1 Å². The molecule has 18 heavy (non-hydrogen) atoms. The maximum absolute atomic E-state index is 11.8. The zero-order chi connectivity index (χ0) is 13.4. The van der Waals surface area contributed by atoms with Gasteiger partial charge in [0.2, 0.25) is 6.41 Å². The molecule has 6 nitrogen and oxygen atoms in total. The van der Waals surface area contributed by atoms with Crippen molar-refractivity contribution in [1.29, 1.82) is 0 Å². The summed E-state index contributed by atoms with van der Waals surface area (Å²) in [5, 5.41) is 2.61. The summed E-state index contributed by atoms with van der Waals surface area (Å²) in [4.78, 5) is 23.6. The Hall–Kier alpha value is -2.08. The Morgan fingerprint density at radius 1 is 1.50 bits per heavy atom. The summed E-state index contributed by atoms with van der Waals surface area (Å²) < 4.78 is 5.10. The molecule has 0 radical (unpaired) electrons. The molecular weight excluding hydrogens is 234 g/mol. The molecular formula is C12H17N3O3. The van der Waals surface area contributed by atoms with Crippen LogP contribution in [0.4, 0.5) is 10.5 Å². The first-order chi connectivity index (χ1) is 8.72. The van der Waals surface area contributed by atoms with Gasteiger partial charge in [0.05, 0.1) is 12.8 Å². The lowest BCUT2D eigenvalue weighted by Crippen LogP contribution is -2.35. The monoisotopic (exact) mass is 251 g/mol. The summed E-state index contributed by atoms with van der Waals surface area (Å²) in [5.74, 6) is 0.538. The van der Waals surface area contributed by atoms with Crippen LogP contribution in [0.15, 0.2) is 24.3 Å². The molecule has 0 aliphatic carbocycles. The van der Waals surface area contributed by atoms with Crippen molar-refractivity contribution in [3.05, 3.63) is 24.3 Å². The molecule has 0 unspecified atom stereocenters. The van der Waals surface area contributed by atoms with Gasteiger partial charge >= 0.3 is 6.03 Å². The van der Waals surface area contributed by atoms with Crippen LogP contribution in [-0.4, -0.2) is 37.5 Å². The van der Waals surface area contributed by atoms with Gasteiger partial charge in [-0.25, -0.2) is 4.79 Å². The summed E-state index contributed by atoms with van der Waals surface area (Å²) in [6.07, 6.45) is 1.05. The van der Waals surface area contributed by atoms with E-state index in [1.165, 1.54) is 7.11 Å². The fourth-order valence-electron chi connectivity index (χ4n) is 1.40. The highest BCUT2D eigenvalue weighted by atomic mass is 16.5. The Bertz CT molecular complexity index is 409. The third-order valence-corrected chi connectivity index (χ3v) is 2.34. The lowest BCUT2D eigenvalue weighted by atomic mass is 10.3. The zero-order valence-electron chi connectivity index (χ0n) is 10.3. The number of methoxy groups -OCH3 is 1. The van der Waals surface area contributed by atoms with Crippen LogP contribution < -0.4 is 15.8 Å². The average molecular weight is 251 g/mol. The number of imide groups is 1. The normalized spacial score (nSPS) is 9.67. The Balaban J connectivity index is 2.70. The van der Waals surface area contributed by atoms with Crippen molar-refractivity contribution < 1.29 is 14.3 Å². The summed E-state index contributed by atoms with van der Waals surface area (Å²) in [5.41, 5.74) is 5.85. The Kier molecular flexibility index (Phi) is 5.66. The van der Waals surface area contributed by atoms with Crippen LogP contribution in [-0.2, 0) is 4.79 Å². The van der Waals surface area contributed by atoms with Gasteiger partial charge in [0.1, 0.15) is 5.75 Å². The second-order valence-electron chi connectivity index (χ2n) is 3.57. The molecule has 0 fully saturated rings. The molecule has 0 saturated heterocycles.